The van der Waals surface area contributed by atoms with Crippen LogP contribution in [0.3, 0.4) is 0 Å². The highest BCUT2D eigenvalue weighted by atomic mass is 35.5. The van der Waals surface area contributed by atoms with Crippen molar-refractivity contribution in [3.05, 3.63) is 52.8 Å². The van der Waals surface area contributed by atoms with Gasteiger partial charge in [0.15, 0.2) is 0 Å². The van der Waals surface area contributed by atoms with E-state index in [9.17, 15) is 28.4 Å². The lowest BCUT2D eigenvalue weighted by Crippen LogP contribution is -2.52. The molecule has 3 unspecified atom stereocenters. The van der Waals surface area contributed by atoms with E-state index in [4.69, 9.17) is 11.6 Å². The van der Waals surface area contributed by atoms with Crippen molar-refractivity contribution in [3.8, 4) is 0 Å². The standard InChI is InChI=1S/C35H48ClFN6O5/c1-8-21(6)31(44)41-29-18-25(10-12-28(29)37)40-35(48)30(19(2)3)42-33(46)23-13-15-43(16-14-23)22(7)32(45)39-24-9-11-27(36)26(17-24)34(47)38-20(4)5/h9-12,17-23,30H,8,13-16H2,1-7H3,(H,38,47)(H,39,45)(H,40,48)(H,41,44)(H,42,46). The number of carbonyl (C=O) groups is 5. The van der Waals surface area contributed by atoms with E-state index in [1.165, 1.54) is 18.2 Å². The molecule has 5 N–H and O–H groups in total. The van der Waals surface area contributed by atoms with Crippen LogP contribution < -0.4 is 26.6 Å². The van der Waals surface area contributed by atoms with Crippen molar-refractivity contribution in [2.24, 2.45) is 17.8 Å². The van der Waals surface area contributed by atoms with Crippen LogP contribution in [0.4, 0.5) is 21.5 Å². The lowest BCUT2D eigenvalue weighted by molar-refractivity contribution is -0.131. The van der Waals surface area contributed by atoms with Gasteiger partial charge < -0.3 is 26.6 Å². The molecule has 0 bridgehead atoms. The molecule has 0 spiro atoms. The summed E-state index contributed by atoms with van der Waals surface area (Å²) in [7, 11) is 0. The van der Waals surface area contributed by atoms with Gasteiger partial charge in [0.1, 0.15) is 11.9 Å². The van der Waals surface area contributed by atoms with Gasteiger partial charge in [0.25, 0.3) is 5.91 Å². The van der Waals surface area contributed by atoms with Crippen molar-refractivity contribution >= 4 is 58.2 Å². The van der Waals surface area contributed by atoms with Gasteiger partial charge in [-0.1, -0.05) is 39.3 Å². The van der Waals surface area contributed by atoms with Gasteiger partial charge >= 0.3 is 0 Å². The largest absolute Gasteiger partial charge is 0.350 e. The van der Waals surface area contributed by atoms with Gasteiger partial charge in [-0.2, -0.15) is 0 Å². The van der Waals surface area contributed by atoms with Gasteiger partial charge in [0.2, 0.25) is 23.6 Å². The molecule has 48 heavy (non-hydrogen) atoms. The number of likely N-dealkylation sites (tertiary alicyclic amines) is 1. The molecule has 1 fully saturated rings. The second-order valence-electron chi connectivity index (χ2n) is 13.0. The summed E-state index contributed by atoms with van der Waals surface area (Å²) in [4.78, 5) is 66.4. The third kappa shape index (κ3) is 10.5. The zero-order valence-electron chi connectivity index (χ0n) is 28.7. The van der Waals surface area contributed by atoms with Crippen molar-refractivity contribution in [1.82, 2.24) is 15.5 Å². The summed E-state index contributed by atoms with van der Waals surface area (Å²) in [5.41, 5.74) is 0.967. The van der Waals surface area contributed by atoms with Crippen LogP contribution in [0.15, 0.2) is 36.4 Å². The van der Waals surface area contributed by atoms with Crippen molar-refractivity contribution in [3.63, 3.8) is 0 Å². The van der Waals surface area contributed by atoms with Gasteiger partial charge in [-0.15, -0.1) is 0 Å². The number of nitrogens with one attached hydrogen (secondary N) is 5. The summed E-state index contributed by atoms with van der Waals surface area (Å²) in [6.45, 7) is 13.7. The molecular formula is C35H48ClFN6O5. The van der Waals surface area contributed by atoms with Crippen LogP contribution in [0.2, 0.25) is 5.02 Å². The zero-order valence-corrected chi connectivity index (χ0v) is 29.5. The Morgan fingerprint density at radius 1 is 0.833 bits per heavy atom. The molecule has 2 aromatic carbocycles. The molecule has 1 heterocycles. The average Bonchev–Trinajstić information content (AvgIpc) is 3.04. The topological polar surface area (TPSA) is 149 Å². The molecule has 0 saturated carbocycles. The van der Waals surface area contributed by atoms with E-state index in [0.29, 0.717) is 38.0 Å². The van der Waals surface area contributed by atoms with E-state index in [1.807, 2.05) is 39.5 Å². The van der Waals surface area contributed by atoms with Crippen molar-refractivity contribution in [2.45, 2.75) is 85.9 Å². The summed E-state index contributed by atoms with van der Waals surface area (Å²) >= 11 is 6.21. The number of rotatable bonds is 13. The maximum absolute atomic E-state index is 14.4. The number of piperidine rings is 1. The number of nitrogens with zero attached hydrogens (tertiary/aromatic N) is 1. The van der Waals surface area contributed by atoms with E-state index in [0.717, 1.165) is 0 Å². The smallest absolute Gasteiger partial charge is 0.253 e. The zero-order chi connectivity index (χ0) is 35.7. The number of amides is 5. The summed E-state index contributed by atoms with van der Waals surface area (Å²) in [6, 6.07) is 7.24. The van der Waals surface area contributed by atoms with Crippen LogP contribution in [0.5, 0.6) is 0 Å². The monoisotopic (exact) mass is 686 g/mol. The summed E-state index contributed by atoms with van der Waals surface area (Å²) in [5, 5.41) is 14.1. The van der Waals surface area contributed by atoms with Crippen LogP contribution in [-0.4, -0.2) is 65.7 Å². The Morgan fingerprint density at radius 3 is 2.04 bits per heavy atom. The molecule has 0 aliphatic carbocycles. The fourth-order valence-corrected chi connectivity index (χ4v) is 5.45. The van der Waals surface area contributed by atoms with E-state index in [-0.39, 0.29) is 69.4 Å². The minimum atomic E-state index is -0.852. The Labute approximate surface area is 287 Å². The molecule has 13 heteroatoms. The fourth-order valence-electron chi connectivity index (χ4n) is 5.24. The lowest BCUT2D eigenvalue weighted by atomic mass is 9.93. The Kier molecular flexibility index (Phi) is 13.9. The third-order valence-corrected chi connectivity index (χ3v) is 8.85. The molecule has 1 saturated heterocycles. The third-order valence-electron chi connectivity index (χ3n) is 8.52. The molecule has 2 aromatic rings. The Hall–Kier alpha value is -4.03. The molecule has 262 valence electrons. The number of benzene rings is 2. The average molecular weight is 687 g/mol. The van der Waals surface area contributed by atoms with E-state index in [1.54, 1.807) is 32.0 Å². The molecule has 3 rings (SSSR count). The molecule has 1 aliphatic heterocycles. The van der Waals surface area contributed by atoms with Gasteiger partial charge in [0.05, 0.1) is 22.3 Å². The highest BCUT2D eigenvalue weighted by molar-refractivity contribution is 6.34. The van der Waals surface area contributed by atoms with Crippen molar-refractivity contribution in [2.75, 3.05) is 29.0 Å². The predicted molar refractivity (Wildman–Crippen MR) is 186 cm³/mol. The summed E-state index contributed by atoms with van der Waals surface area (Å²) in [6.07, 6.45) is 1.58. The highest BCUT2D eigenvalue weighted by Crippen LogP contribution is 2.25. The molecule has 5 amide bonds. The fraction of sp³-hybridized carbons (Fsp3) is 0.514. The number of anilines is 3. The SMILES string of the molecule is CCC(C)C(=O)Nc1cc(NC(=O)C(NC(=O)C2CCN(C(C)C(=O)Nc3ccc(Cl)c(C(=O)NC(C)C)c3)CC2)C(C)C)ccc1F. The minimum Gasteiger partial charge on any atom is -0.350 e. The quantitative estimate of drug-likeness (QED) is 0.190. The van der Waals surface area contributed by atoms with Crippen LogP contribution in [0.1, 0.15) is 78.1 Å². The highest BCUT2D eigenvalue weighted by Gasteiger charge is 2.33. The summed E-state index contributed by atoms with van der Waals surface area (Å²) in [5.74, 6) is -3.14. The van der Waals surface area contributed by atoms with Crippen LogP contribution in [0.25, 0.3) is 0 Å². The Bertz CT molecular complexity index is 1490. The van der Waals surface area contributed by atoms with Gasteiger partial charge in [0, 0.05) is 29.3 Å². The molecule has 11 nitrogen and oxygen atoms in total. The first-order valence-electron chi connectivity index (χ1n) is 16.5. The maximum atomic E-state index is 14.4. The Morgan fingerprint density at radius 2 is 1.44 bits per heavy atom. The normalized spacial score (nSPS) is 15.7. The second kappa shape index (κ2) is 17.4. The Balaban J connectivity index is 1.56. The lowest BCUT2D eigenvalue weighted by Gasteiger charge is -2.35. The number of carbonyl (C=O) groups excluding carboxylic acids is 5. The predicted octanol–water partition coefficient (Wildman–Crippen LogP) is 5.42. The molecule has 0 aromatic heterocycles. The molecular weight excluding hydrogens is 639 g/mol. The van der Waals surface area contributed by atoms with Gasteiger partial charge in [-0.05, 0) is 95.4 Å². The number of hydrogen-bond acceptors (Lipinski definition) is 6. The molecule has 3 atom stereocenters. The van der Waals surface area contributed by atoms with Crippen molar-refractivity contribution in [1.29, 1.82) is 0 Å². The number of hydrogen-bond donors (Lipinski definition) is 5. The number of halogens is 2. The summed E-state index contributed by atoms with van der Waals surface area (Å²) < 4.78 is 14.4. The first kappa shape index (κ1) is 38.4. The van der Waals surface area contributed by atoms with Gasteiger partial charge in [-0.3, -0.25) is 28.9 Å². The van der Waals surface area contributed by atoms with Crippen molar-refractivity contribution < 1.29 is 28.4 Å². The van der Waals surface area contributed by atoms with Crippen LogP contribution in [-0.2, 0) is 19.2 Å². The van der Waals surface area contributed by atoms with Crippen LogP contribution >= 0.6 is 11.6 Å². The first-order valence-corrected chi connectivity index (χ1v) is 16.9. The van der Waals surface area contributed by atoms with Crippen LogP contribution in [0, 0.1) is 23.6 Å². The van der Waals surface area contributed by atoms with Gasteiger partial charge in [-0.25, -0.2) is 4.39 Å². The second-order valence-corrected chi connectivity index (χ2v) is 13.4. The van der Waals surface area contributed by atoms with E-state index >= 15 is 0 Å². The molecule has 1 aliphatic rings. The minimum absolute atomic E-state index is 0.0372. The van der Waals surface area contributed by atoms with E-state index in [2.05, 4.69) is 26.6 Å². The first-order chi connectivity index (χ1) is 22.6. The van der Waals surface area contributed by atoms with E-state index < -0.39 is 23.8 Å². The maximum Gasteiger partial charge on any atom is 0.253 e. The molecule has 0 radical (unpaired) electrons.